The second-order valence-electron chi connectivity index (χ2n) is 5.42. The molecule has 0 radical (unpaired) electrons. The summed E-state index contributed by atoms with van der Waals surface area (Å²) in [7, 11) is 0. The summed E-state index contributed by atoms with van der Waals surface area (Å²) in [6, 6.07) is 6.24. The fraction of sp³-hybridized carbons (Fsp3) is 0.467. The Kier molecular flexibility index (Phi) is 3.01. The van der Waals surface area contributed by atoms with Crippen LogP contribution in [0.25, 0.3) is 5.65 Å². The third kappa shape index (κ3) is 1.91. The standard InChI is InChI=1S/C15H19N3O/c1-11-6-5-9-17(12(11)2)15-13(10-19)18-8-4-3-7-14(18)16-15/h3-4,7-8,10-12H,5-6,9H2,1-2H3. The van der Waals surface area contributed by atoms with Crippen LogP contribution in [0.3, 0.4) is 0 Å². The third-order valence-electron chi connectivity index (χ3n) is 4.30. The molecule has 1 fully saturated rings. The molecule has 3 heterocycles. The fourth-order valence-corrected chi connectivity index (χ4v) is 2.96. The molecule has 2 unspecified atom stereocenters. The normalized spacial score (nSPS) is 23.8. The van der Waals surface area contributed by atoms with Gasteiger partial charge in [0.25, 0.3) is 0 Å². The van der Waals surface area contributed by atoms with Crippen LogP contribution in [0, 0.1) is 5.92 Å². The number of hydrogen-bond acceptors (Lipinski definition) is 3. The quantitative estimate of drug-likeness (QED) is 0.776. The number of anilines is 1. The Morgan fingerprint density at radius 3 is 3.00 bits per heavy atom. The van der Waals surface area contributed by atoms with Gasteiger partial charge in [0.2, 0.25) is 0 Å². The predicted molar refractivity (Wildman–Crippen MR) is 75.8 cm³/mol. The van der Waals surface area contributed by atoms with Crippen molar-refractivity contribution in [3.8, 4) is 0 Å². The zero-order valence-corrected chi connectivity index (χ0v) is 11.4. The number of imidazole rings is 1. The highest BCUT2D eigenvalue weighted by Crippen LogP contribution is 2.30. The maximum atomic E-state index is 11.4. The molecule has 1 saturated heterocycles. The lowest BCUT2D eigenvalue weighted by Gasteiger charge is -2.38. The summed E-state index contributed by atoms with van der Waals surface area (Å²) < 4.78 is 1.87. The van der Waals surface area contributed by atoms with Crippen molar-refractivity contribution in [3.63, 3.8) is 0 Å². The Morgan fingerprint density at radius 1 is 1.37 bits per heavy atom. The van der Waals surface area contributed by atoms with Crippen LogP contribution >= 0.6 is 0 Å². The molecule has 0 aliphatic carbocycles. The first-order valence-corrected chi connectivity index (χ1v) is 6.91. The van der Waals surface area contributed by atoms with Crippen molar-refractivity contribution in [1.29, 1.82) is 0 Å². The summed E-state index contributed by atoms with van der Waals surface area (Å²) >= 11 is 0. The largest absolute Gasteiger partial charge is 0.352 e. The molecule has 100 valence electrons. The minimum absolute atomic E-state index is 0.428. The van der Waals surface area contributed by atoms with Crippen molar-refractivity contribution in [2.24, 2.45) is 5.92 Å². The number of aromatic nitrogens is 2. The van der Waals surface area contributed by atoms with E-state index in [2.05, 4.69) is 23.7 Å². The van der Waals surface area contributed by atoms with Crippen LogP contribution in [0.1, 0.15) is 37.2 Å². The van der Waals surface area contributed by atoms with Crippen LogP contribution < -0.4 is 4.90 Å². The maximum absolute atomic E-state index is 11.4. The average molecular weight is 257 g/mol. The molecule has 19 heavy (non-hydrogen) atoms. The van der Waals surface area contributed by atoms with Gasteiger partial charge >= 0.3 is 0 Å². The Bertz CT molecular complexity index is 604. The molecular weight excluding hydrogens is 238 g/mol. The van der Waals surface area contributed by atoms with Crippen molar-refractivity contribution >= 4 is 17.8 Å². The molecule has 1 aliphatic heterocycles. The lowest BCUT2D eigenvalue weighted by atomic mass is 9.92. The minimum atomic E-state index is 0.428. The molecule has 0 spiro atoms. The van der Waals surface area contributed by atoms with Crippen LogP contribution in [0.2, 0.25) is 0 Å². The van der Waals surface area contributed by atoms with Crippen LogP contribution in [0.5, 0.6) is 0 Å². The molecule has 2 atom stereocenters. The number of hydrogen-bond donors (Lipinski definition) is 0. The van der Waals surface area contributed by atoms with Gasteiger partial charge in [-0.05, 0) is 37.8 Å². The molecule has 1 aliphatic rings. The van der Waals surface area contributed by atoms with E-state index in [1.807, 2.05) is 28.8 Å². The first-order valence-electron chi connectivity index (χ1n) is 6.91. The number of aldehydes is 1. The van der Waals surface area contributed by atoms with Gasteiger partial charge in [-0.2, -0.15) is 0 Å². The van der Waals surface area contributed by atoms with Gasteiger partial charge in [-0.15, -0.1) is 0 Å². The van der Waals surface area contributed by atoms with E-state index >= 15 is 0 Å². The number of piperidine rings is 1. The second kappa shape index (κ2) is 4.68. The molecule has 0 N–H and O–H groups in total. The van der Waals surface area contributed by atoms with Crippen LogP contribution in [0.4, 0.5) is 5.82 Å². The monoisotopic (exact) mass is 257 g/mol. The Morgan fingerprint density at radius 2 is 2.21 bits per heavy atom. The highest BCUT2D eigenvalue weighted by atomic mass is 16.1. The zero-order valence-electron chi connectivity index (χ0n) is 11.4. The van der Waals surface area contributed by atoms with Crippen molar-refractivity contribution < 1.29 is 4.79 Å². The molecule has 0 amide bonds. The Balaban J connectivity index is 2.11. The predicted octanol–water partition coefficient (Wildman–Crippen LogP) is 2.77. The lowest BCUT2D eigenvalue weighted by molar-refractivity contribution is 0.111. The number of rotatable bonds is 2. The summed E-state index contributed by atoms with van der Waals surface area (Å²) in [5, 5.41) is 0. The number of carbonyl (C=O) groups is 1. The summed E-state index contributed by atoms with van der Waals surface area (Å²) in [5.74, 6) is 1.47. The minimum Gasteiger partial charge on any atom is -0.352 e. The smallest absolute Gasteiger partial charge is 0.170 e. The molecule has 0 saturated carbocycles. The summed E-state index contributed by atoms with van der Waals surface area (Å²) in [6.07, 6.45) is 5.23. The van der Waals surface area contributed by atoms with E-state index in [1.165, 1.54) is 6.42 Å². The number of carbonyl (C=O) groups excluding carboxylic acids is 1. The molecule has 2 aromatic heterocycles. The summed E-state index contributed by atoms with van der Waals surface area (Å²) in [4.78, 5) is 18.4. The van der Waals surface area contributed by atoms with Gasteiger partial charge in [0.1, 0.15) is 11.3 Å². The highest BCUT2D eigenvalue weighted by molar-refractivity contribution is 5.83. The molecule has 4 heteroatoms. The first kappa shape index (κ1) is 12.2. The first-order chi connectivity index (χ1) is 9.22. The average Bonchev–Trinajstić information content (AvgIpc) is 2.80. The van der Waals surface area contributed by atoms with E-state index in [-0.39, 0.29) is 0 Å². The van der Waals surface area contributed by atoms with Crippen molar-refractivity contribution in [1.82, 2.24) is 9.38 Å². The molecule has 3 rings (SSSR count). The number of pyridine rings is 1. The van der Waals surface area contributed by atoms with Crippen LogP contribution in [0.15, 0.2) is 24.4 Å². The van der Waals surface area contributed by atoms with Crippen molar-refractivity contribution in [2.45, 2.75) is 32.7 Å². The van der Waals surface area contributed by atoms with E-state index in [0.717, 1.165) is 30.7 Å². The van der Waals surface area contributed by atoms with Crippen molar-refractivity contribution in [3.05, 3.63) is 30.1 Å². The van der Waals surface area contributed by atoms with Gasteiger partial charge in [-0.25, -0.2) is 4.98 Å². The topological polar surface area (TPSA) is 37.6 Å². The molecule has 0 aromatic carbocycles. The molecule has 4 nitrogen and oxygen atoms in total. The van der Waals surface area contributed by atoms with E-state index in [0.29, 0.717) is 17.7 Å². The van der Waals surface area contributed by atoms with Gasteiger partial charge < -0.3 is 4.90 Å². The highest BCUT2D eigenvalue weighted by Gasteiger charge is 2.28. The molecule has 2 aromatic rings. The van der Waals surface area contributed by atoms with Crippen LogP contribution in [-0.2, 0) is 0 Å². The van der Waals surface area contributed by atoms with Crippen LogP contribution in [-0.4, -0.2) is 28.3 Å². The molecule has 0 bridgehead atoms. The fourth-order valence-electron chi connectivity index (χ4n) is 2.96. The van der Waals surface area contributed by atoms with E-state index in [4.69, 9.17) is 0 Å². The van der Waals surface area contributed by atoms with Gasteiger partial charge in [0, 0.05) is 18.8 Å². The van der Waals surface area contributed by atoms with Gasteiger partial charge in [0.15, 0.2) is 12.1 Å². The molecular formula is C15H19N3O. The Hall–Kier alpha value is -1.84. The van der Waals surface area contributed by atoms with Gasteiger partial charge in [0.05, 0.1) is 0 Å². The summed E-state index contributed by atoms with van der Waals surface area (Å²) in [5.41, 5.74) is 1.50. The van der Waals surface area contributed by atoms with E-state index in [1.54, 1.807) is 0 Å². The lowest BCUT2D eigenvalue weighted by Crippen LogP contribution is -2.43. The second-order valence-corrected chi connectivity index (χ2v) is 5.42. The SMILES string of the molecule is CC1CCCN(c2nc3ccccn3c2C=O)C1C. The number of fused-ring (bicyclic) bond motifs is 1. The Labute approximate surface area is 113 Å². The van der Waals surface area contributed by atoms with E-state index in [9.17, 15) is 4.79 Å². The summed E-state index contributed by atoms with van der Waals surface area (Å²) in [6.45, 7) is 5.48. The maximum Gasteiger partial charge on any atom is 0.170 e. The zero-order chi connectivity index (χ0) is 13.4. The number of nitrogens with zero attached hydrogens (tertiary/aromatic N) is 3. The van der Waals surface area contributed by atoms with E-state index < -0.39 is 0 Å². The third-order valence-corrected chi connectivity index (χ3v) is 4.30. The van der Waals surface area contributed by atoms with Gasteiger partial charge in [-0.1, -0.05) is 13.0 Å². The van der Waals surface area contributed by atoms with Crippen molar-refractivity contribution in [2.75, 3.05) is 11.4 Å². The van der Waals surface area contributed by atoms with Gasteiger partial charge in [-0.3, -0.25) is 9.20 Å².